The zero-order chi connectivity index (χ0) is 12.0. The lowest BCUT2D eigenvalue weighted by Crippen LogP contribution is -2.68. The highest BCUT2D eigenvalue weighted by Crippen LogP contribution is 2.42. The molecule has 2 saturated heterocycles. The zero-order valence-electron chi connectivity index (χ0n) is 10.1. The van der Waals surface area contributed by atoms with Gasteiger partial charge in [0.05, 0.1) is 12.6 Å². The molecule has 0 aromatic rings. The van der Waals surface area contributed by atoms with Crippen LogP contribution in [-0.2, 0) is 14.3 Å². The molecule has 94 valence electrons. The zero-order valence-corrected chi connectivity index (χ0v) is 10.1. The summed E-state index contributed by atoms with van der Waals surface area (Å²) in [6, 6.07) is 0.0895. The third-order valence-electron chi connectivity index (χ3n) is 4.16. The van der Waals surface area contributed by atoms with Crippen LogP contribution in [0.25, 0.3) is 0 Å². The third-order valence-corrected chi connectivity index (χ3v) is 4.16. The Morgan fingerprint density at radius 1 is 1.35 bits per heavy atom. The van der Waals surface area contributed by atoms with Gasteiger partial charge in [-0.25, -0.2) is 0 Å². The molecule has 3 aliphatic rings. The fraction of sp³-hybridized carbons (Fsp3) is 0.833. The van der Waals surface area contributed by atoms with Gasteiger partial charge in [-0.05, 0) is 32.1 Å². The second-order valence-electron chi connectivity index (χ2n) is 5.48. The Labute approximate surface area is 100 Å². The Kier molecular flexibility index (Phi) is 2.40. The molecule has 0 aromatic carbocycles. The number of hydrogen-bond donors (Lipinski definition) is 1. The Bertz CT molecular complexity index is 361. The molecule has 0 radical (unpaired) electrons. The average Bonchev–Trinajstić information content (AvgIpc) is 3.01. The van der Waals surface area contributed by atoms with Crippen LogP contribution in [0.3, 0.4) is 0 Å². The SMILES string of the molecule is CC1(C2CC2)NC(=O)CN(C2CCOC2)C1=O. The van der Waals surface area contributed by atoms with Crippen molar-refractivity contribution in [2.24, 2.45) is 5.92 Å². The van der Waals surface area contributed by atoms with Gasteiger partial charge in [-0.1, -0.05) is 0 Å². The van der Waals surface area contributed by atoms with E-state index >= 15 is 0 Å². The fourth-order valence-electron chi connectivity index (χ4n) is 2.91. The van der Waals surface area contributed by atoms with Crippen LogP contribution in [0, 0.1) is 5.92 Å². The number of nitrogens with zero attached hydrogens (tertiary/aromatic N) is 1. The monoisotopic (exact) mass is 238 g/mol. The summed E-state index contributed by atoms with van der Waals surface area (Å²) in [5, 5.41) is 2.89. The highest BCUT2D eigenvalue weighted by Gasteiger charge is 2.53. The van der Waals surface area contributed by atoms with Crippen LogP contribution >= 0.6 is 0 Å². The van der Waals surface area contributed by atoms with Crippen molar-refractivity contribution in [3.05, 3.63) is 0 Å². The van der Waals surface area contributed by atoms with Crippen LogP contribution in [0.2, 0.25) is 0 Å². The van der Waals surface area contributed by atoms with E-state index in [9.17, 15) is 9.59 Å². The minimum atomic E-state index is -0.669. The maximum Gasteiger partial charge on any atom is 0.249 e. The number of nitrogens with one attached hydrogen (secondary N) is 1. The molecule has 1 saturated carbocycles. The van der Waals surface area contributed by atoms with Gasteiger partial charge in [0.1, 0.15) is 12.1 Å². The minimum Gasteiger partial charge on any atom is -0.379 e. The first-order valence-electron chi connectivity index (χ1n) is 6.31. The highest BCUT2D eigenvalue weighted by molar-refractivity contribution is 5.98. The first-order chi connectivity index (χ1) is 8.11. The van der Waals surface area contributed by atoms with Gasteiger partial charge in [-0.2, -0.15) is 0 Å². The van der Waals surface area contributed by atoms with E-state index in [4.69, 9.17) is 4.74 Å². The van der Waals surface area contributed by atoms with Gasteiger partial charge >= 0.3 is 0 Å². The number of carbonyl (C=O) groups excluding carboxylic acids is 2. The molecule has 3 rings (SSSR count). The lowest BCUT2D eigenvalue weighted by atomic mass is 9.90. The fourth-order valence-corrected chi connectivity index (χ4v) is 2.91. The molecule has 2 amide bonds. The second kappa shape index (κ2) is 3.70. The van der Waals surface area contributed by atoms with Crippen molar-refractivity contribution in [1.29, 1.82) is 0 Å². The van der Waals surface area contributed by atoms with E-state index in [0.717, 1.165) is 19.3 Å². The van der Waals surface area contributed by atoms with E-state index in [0.29, 0.717) is 19.1 Å². The van der Waals surface area contributed by atoms with Gasteiger partial charge in [0, 0.05) is 6.61 Å². The van der Waals surface area contributed by atoms with Gasteiger partial charge in [0.25, 0.3) is 0 Å². The summed E-state index contributed by atoms with van der Waals surface area (Å²) in [7, 11) is 0. The van der Waals surface area contributed by atoms with Crippen LogP contribution < -0.4 is 5.32 Å². The van der Waals surface area contributed by atoms with Crippen LogP contribution in [0.4, 0.5) is 0 Å². The number of amides is 2. The molecule has 0 aromatic heterocycles. The quantitative estimate of drug-likeness (QED) is 0.731. The summed E-state index contributed by atoms with van der Waals surface area (Å²) in [6.07, 6.45) is 2.93. The Morgan fingerprint density at radius 3 is 2.71 bits per heavy atom. The van der Waals surface area contributed by atoms with Gasteiger partial charge in [-0.15, -0.1) is 0 Å². The lowest BCUT2D eigenvalue weighted by molar-refractivity contribution is -0.152. The standard InChI is InChI=1S/C12H18N2O3/c1-12(8-2-3-8)11(16)14(6-10(15)13-12)9-4-5-17-7-9/h8-9H,2-7H2,1H3,(H,13,15). The summed E-state index contributed by atoms with van der Waals surface area (Å²) in [5.74, 6) is 0.366. The smallest absolute Gasteiger partial charge is 0.249 e. The number of piperazine rings is 1. The minimum absolute atomic E-state index is 0.0362. The summed E-state index contributed by atoms with van der Waals surface area (Å²) in [4.78, 5) is 26.0. The molecular formula is C12H18N2O3. The first kappa shape index (κ1) is 11.0. The summed E-state index contributed by atoms with van der Waals surface area (Å²) >= 11 is 0. The van der Waals surface area contributed by atoms with Crippen molar-refractivity contribution in [3.63, 3.8) is 0 Å². The van der Waals surface area contributed by atoms with E-state index in [2.05, 4.69) is 5.32 Å². The van der Waals surface area contributed by atoms with Crippen molar-refractivity contribution in [1.82, 2.24) is 10.2 Å². The molecule has 0 bridgehead atoms. The maximum atomic E-state index is 12.5. The van der Waals surface area contributed by atoms with Crippen molar-refractivity contribution >= 4 is 11.8 Å². The van der Waals surface area contributed by atoms with Crippen LogP contribution in [0.5, 0.6) is 0 Å². The predicted molar refractivity (Wildman–Crippen MR) is 60.2 cm³/mol. The van der Waals surface area contributed by atoms with E-state index in [1.807, 2.05) is 6.92 Å². The van der Waals surface area contributed by atoms with E-state index in [1.165, 1.54) is 0 Å². The molecule has 5 heteroatoms. The lowest BCUT2D eigenvalue weighted by Gasteiger charge is -2.42. The Hall–Kier alpha value is -1.10. The molecule has 1 aliphatic carbocycles. The molecule has 1 N–H and O–H groups in total. The Morgan fingerprint density at radius 2 is 2.12 bits per heavy atom. The summed E-state index contributed by atoms with van der Waals surface area (Å²) in [6.45, 7) is 3.32. The van der Waals surface area contributed by atoms with E-state index < -0.39 is 5.54 Å². The van der Waals surface area contributed by atoms with Crippen molar-refractivity contribution in [3.8, 4) is 0 Å². The maximum absolute atomic E-state index is 12.5. The molecule has 2 unspecified atom stereocenters. The van der Waals surface area contributed by atoms with Gasteiger partial charge in [0.15, 0.2) is 0 Å². The normalized spacial score (nSPS) is 38.4. The molecule has 17 heavy (non-hydrogen) atoms. The summed E-state index contributed by atoms with van der Waals surface area (Å²) < 4.78 is 5.31. The molecular weight excluding hydrogens is 220 g/mol. The Balaban J connectivity index is 1.83. The number of carbonyl (C=O) groups is 2. The van der Waals surface area contributed by atoms with Crippen molar-refractivity contribution < 1.29 is 14.3 Å². The van der Waals surface area contributed by atoms with Crippen LogP contribution in [-0.4, -0.2) is 48.1 Å². The molecule has 3 fully saturated rings. The largest absolute Gasteiger partial charge is 0.379 e. The van der Waals surface area contributed by atoms with Crippen molar-refractivity contribution in [2.45, 2.75) is 37.8 Å². The molecule has 0 spiro atoms. The predicted octanol–water partition coefficient (Wildman–Crippen LogP) is -0.0976. The topological polar surface area (TPSA) is 58.6 Å². The first-order valence-corrected chi connectivity index (χ1v) is 6.31. The molecule has 2 atom stereocenters. The van der Waals surface area contributed by atoms with Gasteiger partial charge < -0.3 is 15.0 Å². The van der Waals surface area contributed by atoms with Crippen LogP contribution in [0.15, 0.2) is 0 Å². The number of ether oxygens (including phenoxy) is 1. The van der Waals surface area contributed by atoms with E-state index in [1.54, 1.807) is 4.90 Å². The molecule has 2 aliphatic heterocycles. The van der Waals surface area contributed by atoms with Gasteiger partial charge in [0.2, 0.25) is 11.8 Å². The van der Waals surface area contributed by atoms with E-state index in [-0.39, 0.29) is 24.4 Å². The van der Waals surface area contributed by atoms with Crippen molar-refractivity contribution in [2.75, 3.05) is 19.8 Å². The third kappa shape index (κ3) is 1.73. The molecule has 5 nitrogen and oxygen atoms in total. The molecule has 2 heterocycles. The van der Waals surface area contributed by atoms with Gasteiger partial charge in [-0.3, -0.25) is 9.59 Å². The number of hydrogen-bond acceptors (Lipinski definition) is 3. The highest BCUT2D eigenvalue weighted by atomic mass is 16.5. The summed E-state index contributed by atoms with van der Waals surface area (Å²) in [5.41, 5.74) is -0.669. The van der Waals surface area contributed by atoms with Crippen LogP contribution in [0.1, 0.15) is 26.2 Å². The average molecular weight is 238 g/mol. The second-order valence-corrected chi connectivity index (χ2v) is 5.48. The number of rotatable bonds is 2.